The van der Waals surface area contributed by atoms with E-state index in [0.717, 1.165) is 16.4 Å². The van der Waals surface area contributed by atoms with Crippen LogP contribution in [0.3, 0.4) is 0 Å². The largest absolute Gasteiger partial charge is 0.444 e. The molecule has 0 bridgehead atoms. The Morgan fingerprint density at radius 1 is 1.17 bits per heavy atom. The van der Waals surface area contributed by atoms with Crippen molar-refractivity contribution in [3.05, 3.63) is 72.6 Å². The van der Waals surface area contributed by atoms with E-state index in [0.29, 0.717) is 17.2 Å². The van der Waals surface area contributed by atoms with Crippen molar-refractivity contribution in [2.45, 2.75) is 10.9 Å². The second-order valence-corrected chi connectivity index (χ2v) is 5.92. The summed E-state index contributed by atoms with van der Waals surface area (Å²) in [6.07, 6.45) is 5.41. The fourth-order valence-corrected chi connectivity index (χ4v) is 3.13. The van der Waals surface area contributed by atoms with E-state index in [4.69, 9.17) is 4.42 Å². The molecule has 0 amide bonds. The van der Waals surface area contributed by atoms with E-state index in [2.05, 4.69) is 9.97 Å². The van der Waals surface area contributed by atoms with Gasteiger partial charge in [-0.1, -0.05) is 23.9 Å². The molecule has 0 saturated carbocycles. The van der Waals surface area contributed by atoms with Crippen LogP contribution in [0.5, 0.6) is 0 Å². The van der Waals surface area contributed by atoms with E-state index < -0.39 is 0 Å². The first-order chi connectivity index (χ1) is 11.3. The third kappa shape index (κ3) is 2.85. The Bertz CT molecular complexity index is 963. The minimum Gasteiger partial charge on any atom is -0.444 e. The van der Waals surface area contributed by atoms with Gasteiger partial charge in [0, 0.05) is 17.5 Å². The molecule has 0 saturated heterocycles. The van der Waals surface area contributed by atoms with Crippen molar-refractivity contribution in [2.24, 2.45) is 0 Å². The summed E-state index contributed by atoms with van der Waals surface area (Å²) in [4.78, 5) is 8.81. The summed E-state index contributed by atoms with van der Waals surface area (Å²) in [6.45, 7) is 0. The van der Waals surface area contributed by atoms with Crippen LogP contribution >= 0.6 is 11.8 Å². The molecule has 0 atom stereocenters. The van der Waals surface area contributed by atoms with Gasteiger partial charge in [0.1, 0.15) is 12.1 Å². The van der Waals surface area contributed by atoms with E-state index in [1.54, 1.807) is 30.2 Å². The highest BCUT2D eigenvalue weighted by molar-refractivity contribution is 7.98. The topological polar surface area (TPSA) is 43.3 Å². The zero-order valence-corrected chi connectivity index (χ0v) is 12.8. The smallest absolute Gasteiger partial charge is 0.226 e. The second-order valence-electron chi connectivity index (χ2n) is 4.98. The van der Waals surface area contributed by atoms with Crippen molar-refractivity contribution in [2.75, 3.05) is 0 Å². The Hall–Kier alpha value is -2.60. The molecular weight excluding hydrogens is 313 g/mol. The van der Waals surface area contributed by atoms with Crippen molar-refractivity contribution in [1.29, 1.82) is 0 Å². The summed E-state index contributed by atoms with van der Waals surface area (Å²) in [5.74, 6) is 0.751. The lowest BCUT2D eigenvalue weighted by atomic mass is 10.2. The molecule has 0 N–H and O–H groups in total. The maximum atomic E-state index is 13.3. The van der Waals surface area contributed by atoms with Gasteiger partial charge in [-0.25, -0.2) is 14.4 Å². The molecule has 0 fully saturated rings. The first-order valence-corrected chi connectivity index (χ1v) is 8.03. The number of imidazole rings is 1. The zero-order chi connectivity index (χ0) is 15.6. The highest BCUT2D eigenvalue weighted by Gasteiger charge is 2.10. The molecule has 4 nitrogen and oxygen atoms in total. The van der Waals surface area contributed by atoms with Crippen molar-refractivity contribution >= 4 is 17.3 Å². The van der Waals surface area contributed by atoms with Gasteiger partial charge in [-0.3, -0.25) is 4.40 Å². The molecular formula is C17H12FN3OS. The number of halogens is 1. The number of thioether (sulfide) groups is 1. The fourth-order valence-electron chi connectivity index (χ4n) is 2.29. The number of oxazole rings is 1. The zero-order valence-electron chi connectivity index (χ0n) is 12.0. The first-order valence-electron chi connectivity index (χ1n) is 7.05. The molecule has 1 aromatic carbocycles. The minimum absolute atomic E-state index is 0.305. The highest BCUT2D eigenvalue weighted by Crippen LogP contribution is 2.25. The molecule has 0 spiro atoms. The number of fused-ring (bicyclic) bond motifs is 1. The van der Waals surface area contributed by atoms with Crippen LogP contribution in [-0.4, -0.2) is 14.4 Å². The Balaban J connectivity index is 1.52. The highest BCUT2D eigenvalue weighted by atomic mass is 32.2. The quantitative estimate of drug-likeness (QED) is 0.521. The van der Waals surface area contributed by atoms with Crippen molar-refractivity contribution in [1.82, 2.24) is 14.4 Å². The van der Waals surface area contributed by atoms with Crippen molar-refractivity contribution in [3.8, 4) is 11.5 Å². The molecule has 6 heteroatoms. The predicted octanol–water partition coefficient (Wildman–Crippen LogP) is 4.42. The van der Waals surface area contributed by atoms with E-state index >= 15 is 0 Å². The van der Waals surface area contributed by atoms with Crippen LogP contribution in [0.15, 0.2) is 70.7 Å². The molecule has 0 aliphatic carbocycles. The second kappa shape index (κ2) is 5.89. The van der Waals surface area contributed by atoms with Crippen molar-refractivity contribution < 1.29 is 8.81 Å². The van der Waals surface area contributed by atoms with Gasteiger partial charge in [-0.2, -0.15) is 0 Å². The number of nitrogens with zero attached hydrogens (tertiary/aromatic N) is 3. The van der Waals surface area contributed by atoms with Crippen LogP contribution in [0.2, 0.25) is 0 Å². The predicted molar refractivity (Wildman–Crippen MR) is 86.7 cm³/mol. The number of pyridine rings is 1. The lowest BCUT2D eigenvalue weighted by molar-refractivity contribution is 0.571. The number of hydrogen-bond acceptors (Lipinski definition) is 4. The molecule has 0 unspecified atom stereocenters. The molecule has 3 aromatic heterocycles. The van der Waals surface area contributed by atoms with Crippen LogP contribution in [0, 0.1) is 5.82 Å². The summed E-state index contributed by atoms with van der Waals surface area (Å²) in [6, 6.07) is 12.2. The Morgan fingerprint density at radius 2 is 2.13 bits per heavy atom. The molecule has 4 rings (SSSR count). The van der Waals surface area contributed by atoms with Gasteiger partial charge >= 0.3 is 0 Å². The standard InChI is InChI=1S/C17H12FN3OS/c18-13-5-3-4-12(8-13)16-20-14(10-22-16)11-23-17-19-9-15-6-1-2-7-21(15)17/h1-10H,11H2. The lowest BCUT2D eigenvalue weighted by Crippen LogP contribution is -1.88. The first kappa shape index (κ1) is 14.0. The Morgan fingerprint density at radius 3 is 3.04 bits per heavy atom. The molecule has 23 heavy (non-hydrogen) atoms. The van der Waals surface area contributed by atoms with E-state index in [1.807, 2.05) is 35.0 Å². The third-order valence-electron chi connectivity index (χ3n) is 3.38. The average molecular weight is 325 g/mol. The van der Waals surface area contributed by atoms with Gasteiger partial charge in [0.15, 0.2) is 5.16 Å². The SMILES string of the molecule is Fc1cccc(-c2nc(CSc3ncc4ccccn34)co2)c1. The molecule has 4 aromatic rings. The molecule has 114 valence electrons. The van der Waals surface area contributed by atoms with Gasteiger partial charge in [0.25, 0.3) is 0 Å². The number of benzene rings is 1. The molecule has 3 heterocycles. The lowest BCUT2D eigenvalue weighted by Gasteiger charge is -1.98. The summed E-state index contributed by atoms with van der Waals surface area (Å²) < 4.78 is 20.7. The monoisotopic (exact) mass is 325 g/mol. The van der Waals surface area contributed by atoms with E-state index in [-0.39, 0.29) is 5.82 Å². The normalized spacial score (nSPS) is 11.2. The van der Waals surface area contributed by atoms with Crippen LogP contribution < -0.4 is 0 Å². The van der Waals surface area contributed by atoms with E-state index in [9.17, 15) is 4.39 Å². The van der Waals surface area contributed by atoms with Crippen LogP contribution in [0.25, 0.3) is 17.0 Å². The van der Waals surface area contributed by atoms with Crippen molar-refractivity contribution in [3.63, 3.8) is 0 Å². The van der Waals surface area contributed by atoms with Gasteiger partial charge in [0.05, 0.1) is 17.4 Å². The Kier molecular flexibility index (Phi) is 3.59. The van der Waals surface area contributed by atoms with Gasteiger partial charge in [0.2, 0.25) is 5.89 Å². The summed E-state index contributed by atoms with van der Waals surface area (Å²) >= 11 is 1.58. The number of aromatic nitrogens is 3. The van der Waals surface area contributed by atoms with Gasteiger partial charge < -0.3 is 4.42 Å². The number of hydrogen-bond donors (Lipinski definition) is 0. The van der Waals surface area contributed by atoms with Crippen LogP contribution in [-0.2, 0) is 5.75 Å². The maximum Gasteiger partial charge on any atom is 0.226 e. The Labute approximate surface area is 136 Å². The number of rotatable bonds is 4. The maximum absolute atomic E-state index is 13.3. The van der Waals surface area contributed by atoms with Crippen LogP contribution in [0.1, 0.15) is 5.69 Å². The average Bonchev–Trinajstić information content (AvgIpc) is 3.20. The summed E-state index contributed by atoms with van der Waals surface area (Å²) in [5, 5.41) is 0.899. The minimum atomic E-state index is -0.305. The summed E-state index contributed by atoms with van der Waals surface area (Å²) in [7, 11) is 0. The summed E-state index contributed by atoms with van der Waals surface area (Å²) in [5.41, 5.74) is 2.48. The molecule has 0 aliphatic heterocycles. The van der Waals surface area contributed by atoms with Crippen LogP contribution in [0.4, 0.5) is 4.39 Å². The molecule has 0 radical (unpaired) electrons. The fraction of sp³-hybridized carbons (Fsp3) is 0.0588. The van der Waals surface area contributed by atoms with Gasteiger partial charge in [-0.05, 0) is 30.3 Å². The third-order valence-corrected chi connectivity index (χ3v) is 4.38. The van der Waals surface area contributed by atoms with E-state index in [1.165, 1.54) is 12.1 Å². The van der Waals surface area contributed by atoms with Gasteiger partial charge in [-0.15, -0.1) is 0 Å². The molecule has 0 aliphatic rings.